The minimum absolute atomic E-state index is 0.295. The first-order valence-corrected chi connectivity index (χ1v) is 9.41. The zero-order valence-corrected chi connectivity index (χ0v) is 16.7. The lowest BCUT2D eigenvalue weighted by Gasteiger charge is -2.26. The fraction of sp³-hybridized carbons (Fsp3) is 0.474. The molecule has 1 aromatic carbocycles. The summed E-state index contributed by atoms with van der Waals surface area (Å²) >= 11 is 1.78. The van der Waals surface area contributed by atoms with Crippen molar-refractivity contribution in [1.82, 2.24) is 20.5 Å². The highest BCUT2D eigenvalue weighted by Gasteiger charge is 2.14. The Bertz CT molecular complexity index is 659. The Hall–Kier alpha value is -1.92. The highest BCUT2D eigenvalue weighted by atomic mass is 32.1. The first-order chi connectivity index (χ1) is 12.0. The van der Waals surface area contributed by atoms with Gasteiger partial charge in [-0.3, -0.25) is 4.99 Å². The summed E-state index contributed by atoms with van der Waals surface area (Å²) in [5.74, 6) is 0.827. The first kappa shape index (κ1) is 19.4. The molecule has 2 N–H and O–H groups in total. The van der Waals surface area contributed by atoms with Gasteiger partial charge in [0.05, 0.1) is 16.7 Å². The van der Waals surface area contributed by atoms with E-state index in [9.17, 15) is 0 Å². The van der Waals surface area contributed by atoms with Gasteiger partial charge in [0.25, 0.3) is 0 Å². The van der Waals surface area contributed by atoms with E-state index in [-0.39, 0.29) is 0 Å². The predicted octanol–water partition coefficient (Wildman–Crippen LogP) is 2.77. The van der Waals surface area contributed by atoms with Crippen molar-refractivity contribution in [2.75, 3.05) is 34.2 Å². The Morgan fingerprint density at radius 3 is 2.48 bits per heavy atom. The number of rotatable bonds is 7. The normalized spacial score (nSPS) is 13.1. The molecule has 0 radical (unpaired) electrons. The molecule has 0 amide bonds. The standard InChI is InChI=1S/C19H29N5S/c1-14-15(2)25-18(23-14)11-12-21-19(20-3)22-13-17(24(4)5)16-9-7-6-8-10-16/h6-10,17H,11-13H2,1-5H3,(H2,20,21,22). The van der Waals surface area contributed by atoms with E-state index in [2.05, 4.69) is 77.7 Å². The molecule has 0 bridgehead atoms. The second-order valence-electron chi connectivity index (χ2n) is 6.27. The number of hydrogen-bond donors (Lipinski definition) is 2. The van der Waals surface area contributed by atoms with Crippen LogP contribution in [-0.4, -0.2) is 50.1 Å². The Morgan fingerprint density at radius 1 is 1.20 bits per heavy atom. The van der Waals surface area contributed by atoms with E-state index in [0.717, 1.165) is 31.2 Å². The maximum Gasteiger partial charge on any atom is 0.191 e. The van der Waals surface area contributed by atoms with E-state index in [1.54, 1.807) is 18.4 Å². The Balaban J connectivity index is 1.84. The number of aliphatic imine (C=N–C) groups is 1. The fourth-order valence-corrected chi connectivity index (χ4v) is 3.56. The maximum atomic E-state index is 4.58. The minimum atomic E-state index is 0.295. The number of benzene rings is 1. The molecule has 136 valence electrons. The van der Waals surface area contributed by atoms with Crippen LogP contribution in [0.2, 0.25) is 0 Å². The van der Waals surface area contributed by atoms with Crippen molar-refractivity contribution in [3.8, 4) is 0 Å². The molecule has 0 aliphatic rings. The second-order valence-corrected chi connectivity index (χ2v) is 7.56. The van der Waals surface area contributed by atoms with Gasteiger partial charge in [-0.1, -0.05) is 30.3 Å². The van der Waals surface area contributed by atoms with Crippen LogP contribution in [0.15, 0.2) is 35.3 Å². The van der Waals surface area contributed by atoms with Crippen molar-refractivity contribution in [2.45, 2.75) is 26.3 Å². The summed E-state index contributed by atoms with van der Waals surface area (Å²) in [6.07, 6.45) is 0.913. The summed E-state index contributed by atoms with van der Waals surface area (Å²) in [6, 6.07) is 10.8. The third kappa shape index (κ3) is 5.83. The van der Waals surface area contributed by atoms with Crippen LogP contribution < -0.4 is 10.6 Å². The van der Waals surface area contributed by atoms with E-state index in [4.69, 9.17) is 0 Å². The molecule has 1 unspecified atom stereocenters. The lowest BCUT2D eigenvalue weighted by molar-refractivity contribution is 0.298. The van der Waals surface area contributed by atoms with Crippen molar-refractivity contribution in [2.24, 2.45) is 4.99 Å². The number of guanidine groups is 1. The molecule has 1 atom stereocenters. The molecule has 0 aliphatic heterocycles. The SMILES string of the molecule is CN=C(NCCc1nc(C)c(C)s1)NCC(c1ccccc1)N(C)C. The molecule has 0 fully saturated rings. The summed E-state index contributed by atoms with van der Waals surface area (Å²) in [7, 11) is 6.01. The number of likely N-dealkylation sites (N-methyl/N-ethyl adjacent to an activating group) is 1. The number of aromatic nitrogens is 1. The lowest BCUT2D eigenvalue weighted by Crippen LogP contribution is -2.42. The highest BCUT2D eigenvalue weighted by molar-refractivity contribution is 7.11. The van der Waals surface area contributed by atoms with Crippen LogP contribution in [0, 0.1) is 13.8 Å². The van der Waals surface area contributed by atoms with Crippen molar-refractivity contribution < 1.29 is 0 Å². The van der Waals surface area contributed by atoms with E-state index < -0.39 is 0 Å². The van der Waals surface area contributed by atoms with Crippen LogP contribution >= 0.6 is 11.3 Å². The number of aryl methyl sites for hydroxylation is 2. The average molecular weight is 360 g/mol. The maximum absolute atomic E-state index is 4.58. The second kappa shape index (κ2) is 9.53. The van der Waals surface area contributed by atoms with Crippen LogP contribution in [0.1, 0.15) is 27.2 Å². The van der Waals surface area contributed by atoms with Gasteiger partial charge in [-0.05, 0) is 33.5 Å². The monoisotopic (exact) mass is 359 g/mol. The van der Waals surface area contributed by atoms with Gasteiger partial charge in [0.2, 0.25) is 0 Å². The molecule has 1 heterocycles. The predicted molar refractivity (Wildman–Crippen MR) is 108 cm³/mol. The molecular formula is C19H29N5S. The molecule has 6 heteroatoms. The van der Waals surface area contributed by atoms with E-state index in [1.165, 1.54) is 15.4 Å². The molecular weight excluding hydrogens is 330 g/mol. The van der Waals surface area contributed by atoms with E-state index >= 15 is 0 Å². The van der Waals surface area contributed by atoms with Gasteiger partial charge in [-0.2, -0.15) is 0 Å². The number of nitrogens with zero attached hydrogens (tertiary/aromatic N) is 3. The van der Waals surface area contributed by atoms with Crippen LogP contribution in [-0.2, 0) is 6.42 Å². The molecule has 1 aromatic heterocycles. The van der Waals surface area contributed by atoms with E-state index in [0.29, 0.717) is 6.04 Å². The number of thiazole rings is 1. The summed E-state index contributed by atoms with van der Waals surface area (Å²) in [6.45, 7) is 5.81. The molecule has 0 spiro atoms. The molecule has 0 saturated carbocycles. The van der Waals surface area contributed by atoms with Crippen molar-refractivity contribution >= 4 is 17.3 Å². The topological polar surface area (TPSA) is 52.6 Å². The third-order valence-corrected chi connectivity index (χ3v) is 5.33. The van der Waals surface area contributed by atoms with Crippen LogP contribution in [0.5, 0.6) is 0 Å². The molecule has 0 saturated heterocycles. The minimum Gasteiger partial charge on any atom is -0.356 e. The lowest BCUT2D eigenvalue weighted by atomic mass is 10.1. The van der Waals surface area contributed by atoms with Gasteiger partial charge in [-0.15, -0.1) is 11.3 Å². The summed E-state index contributed by atoms with van der Waals surface area (Å²) < 4.78 is 0. The van der Waals surface area contributed by atoms with Gasteiger partial charge in [0.15, 0.2) is 5.96 Å². The largest absolute Gasteiger partial charge is 0.356 e. The van der Waals surface area contributed by atoms with Crippen LogP contribution in [0.4, 0.5) is 0 Å². The third-order valence-electron chi connectivity index (χ3n) is 4.20. The number of nitrogens with one attached hydrogen (secondary N) is 2. The van der Waals surface area contributed by atoms with Gasteiger partial charge >= 0.3 is 0 Å². The van der Waals surface area contributed by atoms with Crippen LogP contribution in [0.25, 0.3) is 0 Å². The zero-order chi connectivity index (χ0) is 18.2. The van der Waals surface area contributed by atoms with Crippen LogP contribution in [0.3, 0.4) is 0 Å². The highest BCUT2D eigenvalue weighted by Crippen LogP contribution is 2.17. The smallest absolute Gasteiger partial charge is 0.191 e. The van der Waals surface area contributed by atoms with Gasteiger partial charge in [0, 0.05) is 31.4 Å². The fourth-order valence-electron chi connectivity index (χ4n) is 2.62. The van der Waals surface area contributed by atoms with Crippen molar-refractivity contribution in [1.29, 1.82) is 0 Å². The summed E-state index contributed by atoms with van der Waals surface area (Å²) in [5, 5.41) is 7.99. The Morgan fingerprint density at radius 2 is 1.92 bits per heavy atom. The van der Waals surface area contributed by atoms with Gasteiger partial charge in [0.1, 0.15) is 0 Å². The average Bonchev–Trinajstić information content (AvgIpc) is 2.92. The Labute approximate surface area is 155 Å². The molecule has 2 aromatic rings. The van der Waals surface area contributed by atoms with Gasteiger partial charge in [-0.25, -0.2) is 4.98 Å². The van der Waals surface area contributed by atoms with Gasteiger partial charge < -0.3 is 15.5 Å². The zero-order valence-electron chi connectivity index (χ0n) is 15.8. The van der Waals surface area contributed by atoms with Crippen molar-refractivity contribution in [3.63, 3.8) is 0 Å². The summed E-state index contributed by atoms with van der Waals surface area (Å²) in [5.41, 5.74) is 2.43. The molecule has 25 heavy (non-hydrogen) atoms. The molecule has 2 rings (SSSR count). The van der Waals surface area contributed by atoms with E-state index in [1.807, 2.05) is 6.07 Å². The Kier molecular flexibility index (Phi) is 7.40. The first-order valence-electron chi connectivity index (χ1n) is 8.60. The molecule has 0 aliphatic carbocycles. The van der Waals surface area contributed by atoms with Crippen molar-refractivity contribution in [3.05, 3.63) is 51.5 Å². The summed E-state index contributed by atoms with van der Waals surface area (Å²) in [4.78, 5) is 12.4. The molecule has 5 nitrogen and oxygen atoms in total. The number of hydrogen-bond acceptors (Lipinski definition) is 4. The quantitative estimate of drug-likeness (QED) is 0.590.